The molecule has 0 saturated heterocycles. The van der Waals surface area contributed by atoms with Gasteiger partial charge in [-0.1, -0.05) is 18.2 Å². The zero-order valence-electron chi connectivity index (χ0n) is 11.4. The molecular weight excluding hydrogens is 292 g/mol. The third-order valence-corrected chi connectivity index (χ3v) is 3.02. The Balaban J connectivity index is 2.67. The highest BCUT2D eigenvalue weighted by atomic mass is 16.4. The number of carbonyl (C=O) groups is 3. The predicted molar refractivity (Wildman–Crippen MR) is 75.4 cm³/mol. The lowest BCUT2D eigenvalue weighted by atomic mass is 10.1. The third-order valence-electron chi connectivity index (χ3n) is 3.02. The van der Waals surface area contributed by atoms with E-state index in [4.69, 9.17) is 5.73 Å². The topological polar surface area (TPSA) is 144 Å². The lowest BCUT2D eigenvalue weighted by Gasteiger charge is -2.14. The highest BCUT2D eigenvalue weighted by Crippen LogP contribution is 2.14. The van der Waals surface area contributed by atoms with Crippen molar-refractivity contribution in [3.8, 4) is 0 Å². The summed E-state index contributed by atoms with van der Waals surface area (Å²) in [5.74, 6) is -2.21. The van der Waals surface area contributed by atoms with Gasteiger partial charge < -0.3 is 10.8 Å². The van der Waals surface area contributed by atoms with Gasteiger partial charge in [-0.3, -0.25) is 14.9 Å². The van der Waals surface area contributed by atoms with Gasteiger partial charge in [0.15, 0.2) is 5.69 Å². The van der Waals surface area contributed by atoms with Crippen LogP contribution in [0.1, 0.15) is 23.5 Å². The first-order chi connectivity index (χ1) is 10.3. The number of aromatic carboxylic acids is 1. The molecular formula is C13H12N4O5. The SMILES string of the molecule is CC(C(=O)NC(N)=O)n1nc(C(=O)O)c2ccccc2c1=O. The molecule has 0 spiro atoms. The van der Waals surface area contributed by atoms with Crippen molar-refractivity contribution in [2.24, 2.45) is 5.73 Å². The summed E-state index contributed by atoms with van der Waals surface area (Å²) in [6.07, 6.45) is 0. The minimum absolute atomic E-state index is 0.105. The van der Waals surface area contributed by atoms with Crippen molar-refractivity contribution in [3.05, 3.63) is 40.3 Å². The number of rotatable bonds is 3. The number of benzene rings is 1. The highest BCUT2D eigenvalue weighted by Gasteiger charge is 2.23. The molecule has 1 unspecified atom stereocenters. The van der Waals surface area contributed by atoms with Gasteiger partial charge in [-0.15, -0.1) is 0 Å². The van der Waals surface area contributed by atoms with Gasteiger partial charge in [0, 0.05) is 5.39 Å². The number of carbonyl (C=O) groups excluding carboxylic acids is 2. The Kier molecular flexibility index (Phi) is 3.89. The molecule has 0 aliphatic heterocycles. The Labute approximate surface area is 123 Å². The summed E-state index contributed by atoms with van der Waals surface area (Å²) in [4.78, 5) is 46.1. The van der Waals surface area contributed by atoms with Crippen LogP contribution in [0.3, 0.4) is 0 Å². The maximum absolute atomic E-state index is 12.3. The molecule has 1 aromatic carbocycles. The smallest absolute Gasteiger partial charge is 0.357 e. The summed E-state index contributed by atoms with van der Waals surface area (Å²) in [6, 6.07) is 3.73. The Hall–Kier alpha value is -3.23. The Bertz CT molecular complexity index is 842. The largest absolute Gasteiger partial charge is 0.476 e. The van der Waals surface area contributed by atoms with Crippen molar-refractivity contribution in [1.82, 2.24) is 15.1 Å². The highest BCUT2D eigenvalue weighted by molar-refractivity contribution is 6.01. The first-order valence-electron chi connectivity index (χ1n) is 6.18. The molecule has 22 heavy (non-hydrogen) atoms. The summed E-state index contributed by atoms with van der Waals surface area (Å²) >= 11 is 0. The first-order valence-corrected chi connectivity index (χ1v) is 6.18. The van der Waals surface area contributed by atoms with Crippen molar-refractivity contribution in [3.63, 3.8) is 0 Å². The predicted octanol–water partition coefficient (Wildman–Crippen LogP) is -0.149. The number of primary amides is 1. The van der Waals surface area contributed by atoms with Crippen molar-refractivity contribution < 1.29 is 19.5 Å². The molecule has 1 aromatic heterocycles. The van der Waals surface area contributed by atoms with E-state index in [0.717, 1.165) is 0 Å². The zero-order valence-corrected chi connectivity index (χ0v) is 11.4. The second kappa shape index (κ2) is 5.64. The van der Waals surface area contributed by atoms with Crippen LogP contribution in [0.4, 0.5) is 4.79 Å². The normalized spacial score (nSPS) is 11.9. The molecule has 0 fully saturated rings. The number of hydrogen-bond donors (Lipinski definition) is 3. The number of carboxylic acids is 1. The number of aromatic nitrogens is 2. The number of urea groups is 1. The Morgan fingerprint density at radius 1 is 1.27 bits per heavy atom. The first kappa shape index (κ1) is 15.2. The van der Waals surface area contributed by atoms with Crippen LogP contribution in [0, 0.1) is 0 Å². The molecule has 0 bridgehead atoms. The second-order valence-electron chi connectivity index (χ2n) is 4.48. The van der Waals surface area contributed by atoms with Crippen molar-refractivity contribution in [2.45, 2.75) is 13.0 Å². The third kappa shape index (κ3) is 2.64. The van der Waals surface area contributed by atoms with Gasteiger partial charge in [-0.2, -0.15) is 5.10 Å². The number of nitrogens with two attached hydrogens (primary N) is 1. The van der Waals surface area contributed by atoms with Crippen molar-refractivity contribution in [2.75, 3.05) is 0 Å². The molecule has 1 atom stereocenters. The van der Waals surface area contributed by atoms with Gasteiger partial charge in [0.05, 0.1) is 5.39 Å². The van der Waals surface area contributed by atoms with Crippen LogP contribution >= 0.6 is 0 Å². The average molecular weight is 304 g/mol. The minimum Gasteiger partial charge on any atom is -0.476 e. The van der Waals surface area contributed by atoms with Crippen LogP contribution < -0.4 is 16.6 Å². The van der Waals surface area contributed by atoms with Crippen LogP contribution in [-0.2, 0) is 4.79 Å². The van der Waals surface area contributed by atoms with E-state index < -0.39 is 29.5 Å². The van der Waals surface area contributed by atoms with E-state index in [1.54, 1.807) is 12.1 Å². The maximum Gasteiger partial charge on any atom is 0.357 e. The fourth-order valence-electron chi connectivity index (χ4n) is 1.96. The Morgan fingerprint density at radius 2 is 1.86 bits per heavy atom. The van der Waals surface area contributed by atoms with E-state index in [0.29, 0.717) is 4.68 Å². The van der Waals surface area contributed by atoms with E-state index in [9.17, 15) is 24.3 Å². The van der Waals surface area contributed by atoms with Gasteiger partial charge in [0.25, 0.3) is 11.5 Å². The lowest BCUT2D eigenvalue weighted by Crippen LogP contribution is -2.42. The standard InChI is InChI=1S/C13H12N4O5/c1-6(10(18)15-13(14)22)17-11(19)8-5-3-2-4-7(8)9(16-17)12(20)21/h2-6H,1H3,(H,20,21)(H3,14,15,18,22). The monoisotopic (exact) mass is 304 g/mol. The van der Waals surface area contributed by atoms with Gasteiger partial charge in [-0.25, -0.2) is 14.3 Å². The number of imide groups is 1. The van der Waals surface area contributed by atoms with Crippen LogP contribution in [0.15, 0.2) is 29.1 Å². The minimum atomic E-state index is -1.34. The maximum atomic E-state index is 12.3. The van der Waals surface area contributed by atoms with Crippen LogP contribution in [-0.4, -0.2) is 32.8 Å². The van der Waals surface area contributed by atoms with E-state index in [2.05, 4.69) is 5.10 Å². The van der Waals surface area contributed by atoms with Crippen molar-refractivity contribution in [1.29, 1.82) is 0 Å². The molecule has 2 rings (SSSR count). The molecule has 2 aromatic rings. The molecule has 0 radical (unpaired) electrons. The lowest BCUT2D eigenvalue weighted by molar-refractivity contribution is -0.123. The number of nitrogens with zero attached hydrogens (tertiary/aromatic N) is 2. The average Bonchev–Trinajstić information content (AvgIpc) is 2.46. The molecule has 0 aliphatic rings. The number of carboxylic acid groups (broad SMARTS) is 1. The Morgan fingerprint density at radius 3 is 2.41 bits per heavy atom. The second-order valence-corrected chi connectivity index (χ2v) is 4.48. The van der Waals surface area contributed by atoms with Crippen LogP contribution in [0.5, 0.6) is 0 Å². The summed E-state index contributed by atoms with van der Waals surface area (Å²) in [5.41, 5.74) is 3.83. The van der Waals surface area contributed by atoms with Gasteiger partial charge >= 0.3 is 12.0 Å². The zero-order chi connectivity index (χ0) is 16.4. The van der Waals surface area contributed by atoms with Gasteiger partial charge in [-0.05, 0) is 13.0 Å². The number of nitrogens with one attached hydrogen (secondary N) is 1. The summed E-state index contributed by atoms with van der Waals surface area (Å²) in [5, 5.41) is 15.0. The summed E-state index contributed by atoms with van der Waals surface area (Å²) in [6.45, 7) is 1.30. The van der Waals surface area contributed by atoms with Crippen LogP contribution in [0.2, 0.25) is 0 Å². The number of amides is 3. The molecule has 9 nitrogen and oxygen atoms in total. The van der Waals surface area contributed by atoms with E-state index >= 15 is 0 Å². The van der Waals surface area contributed by atoms with Gasteiger partial charge in [0.1, 0.15) is 6.04 Å². The molecule has 0 saturated carbocycles. The summed E-state index contributed by atoms with van der Waals surface area (Å²) in [7, 11) is 0. The van der Waals surface area contributed by atoms with E-state index in [-0.39, 0.29) is 16.5 Å². The molecule has 9 heteroatoms. The van der Waals surface area contributed by atoms with E-state index in [1.165, 1.54) is 19.1 Å². The molecule has 0 aliphatic carbocycles. The quantitative estimate of drug-likeness (QED) is 0.719. The molecule has 3 amide bonds. The number of fused-ring (bicyclic) bond motifs is 1. The van der Waals surface area contributed by atoms with E-state index in [1.807, 2.05) is 5.32 Å². The molecule has 114 valence electrons. The van der Waals surface area contributed by atoms with Crippen LogP contribution in [0.25, 0.3) is 10.8 Å². The fraction of sp³-hybridized carbons (Fsp3) is 0.154. The fourth-order valence-corrected chi connectivity index (χ4v) is 1.96. The van der Waals surface area contributed by atoms with Gasteiger partial charge in [0.2, 0.25) is 0 Å². The number of hydrogen-bond acceptors (Lipinski definition) is 5. The molecule has 1 heterocycles. The summed E-state index contributed by atoms with van der Waals surface area (Å²) < 4.78 is 0.712. The van der Waals surface area contributed by atoms with Crippen molar-refractivity contribution >= 4 is 28.7 Å². The molecule has 4 N–H and O–H groups in total.